The fourth-order valence-corrected chi connectivity index (χ4v) is 2.89. The van der Waals surface area contributed by atoms with Crippen molar-refractivity contribution < 1.29 is 14.6 Å². The zero-order valence-electron chi connectivity index (χ0n) is 13.4. The smallest absolute Gasteiger partial charge is 0.272 e. The lowest BCUT2D eigenvalue weighted by Gasteiger charge is -2.18. The van der Waals surface area contributed by atoms with Crippen LogP contribution in [0.2, 0.25) is 0 Å². The van der Waals surface area contributed by atoms with Gasteiger partial charge in [0, 0.05) is 25.9 Å². The summed E-state index contributed by atoms with van der Waals surface area (Å²) in [6.07, 6.45) is 0.768. The van der Waals surface area contributed by atoms with Gasteiger partial charge in [0.25, 0.3) is 5.91 Å². The van der Waals surface area contributed by atoms with Crippen LogP contribution in [0.3, 0.4) is 0 Å². The molecule has 2 heterocycles. The molecule has 0 fully saturated rings. The third kappa shape index (κ3) is 3.53. The van der Waals surface area contributed by atoms with E-state index in [-0.39, 0.29) is 18.1 Å². The SMILES string of the molecule is COc1c(Br)c(CN(C)C(=O)c2ncccc2C(C)O)nn1C. The summed E-state index contributed by atoms with van der Waals surface area (Å²) < 4.78 is 7.54. The molecule has 1 unspecified atom stereocenters. The topological polar surface area (TPSA) is 80.5 Å². The van der Waals surface area contributed by atoms with Gasteiger partial charge in [0.05, 0.1) is 19.8 Å². The van der Waals surface area contributed by atoms with Gasteiger partial charge in [-0.05, 0) is 28.9 Å². The number of aryl methyl sites for hydroxylation is 1. The number of halogens is 1. The number of carbonyl (C=O) groups is 1. The van der Waals surface area contributed by atoms with Gasteiger partial charge in [-0.3, -0.25) is 9.78 Å². The molecule has 2 aromatic heterocycles. The van der Waals surface area contributed by atoms with E-state index in [0.717, 1.165) is 0 Å². The minimum Gasteiger partial charge on any atom is -0.480 e. The van der Waals surface area contributed by atoms with Crippen LogP contribution in [0.25, 0.3) is 0 Å². The second-order valence-corrected chi connectivity index (χ2v) is 5.96. The Morgan fingerprint density at radius 3 is 2.83 bits per heavy atom. The van der Waals surface area contributed by atoms with E-state index >= 15 is 0 Å². The fourth-order valence-electron chi connectivity index (χ4n) is 2.27. The predicted octanol–water partition coefficient (Wildman–Crippen LogP) is 1.91. The molecule has 1 N–H and O–H groups in total. The zero-order chi connectivity index (χ0) is 17.1. The molecule has 2 aromatic rings. The number of pyridine rings is 1. The molecule has 23 heavy (non-hydrogen) atoms. The van der Waals surface area contributed by atoms with Crippen LogP contribution in [0, 0.1) is 0 Å². The van der Waals surface area contributed by atoms with Crippen molar-refractivity contribution >= 4 is 21.8 Å². The van der Waals surface area contributed by atoms with Gasteiger partial charge in [0.1, 0.15) is 15.9 Å². The molecule has 0 aliphatic heterocycles. The Kier molecular flexibility index (Phi) is 5.38. The molecule has 0 radical (unpaired) electrons. The molecular formula is C15H19BrN4O3. The summed E-state index contributed by atoms with van der Waals surface area (Å²) in [4.78, 5) is 18.2. The summed E-state index contributed by atoms with van der Waals surface area (Å²) in [5.74, 6) is 0.307. The Labute approximate surface area is 143 Å². The number of ether oxygens (including phenoxy) is 1. The Balaban J connectivity index is 2.25. The largest absolute Gasteiger partial charge is 0.480 e. The van der Waals surface area contributed by atoms with E-state index in [2.05, 4.69) is 26.0 Å². The summed E-state index contributed by atoms with van der Waals surface area (Å²) in [6.45, 7) is 1.89. The van der Waals surface area contributed by atoms with Crippen molar-refractivity contribution in [2.24, 2.45) is 7.05 Å². The van der Waals surface area contributed by atoms with Gasteiger partial charge in [0.2, 0.25) is 5.88 Å². The van der Waals surface area contributed by atoms with Gasteiger partial charge in [-0.2, -0.15) is 5.10 Å². The van der Waals surface area contributed by atoms with Gasteiger partial charge < -0.3 is 14.7 Å². The number of aliphatic hydroxyl groups excluding tert-OH is 1. The highest BCUT2D eigenvalue weighted by molar-refractivity contribution is 9.10. The highest BCUT2D eigenvalue weighted by Gasteiger charge is 2.22. The Morgan fingerprint density at radius 2 is 2.26 bits per heavy atom. The molecule has 0 aliphatic rings. The molecule has 124 valence electrons. The first-order valence-corrected chi connectivity index (χ1v) is 7.79. The average molecular weight is 383 g/mol. The van der Waals surface area contributed by atoms with Gasteiger partial charge in [-0.25, -0.2) is 4.68 Å². The molecule has 8 heteroatoms. The molecule has 2 rings (SSSR count). The Morgan fingerprint density at radius 1 is 1.57 bits per heavy atom. The van der Waals surface area contributed by atoms with Crippen molar-refractivity contribution in [1.82, 2.24) is 19.7 Å². The van der Waals surface area contributed by atoms with E-state index in [0.29, 0.717) is 21.6 Å². The third-order valence-electron chi connectivity index (χ3n) is 3.42. The highest BCUT2D eigenvalue weighted by Crippen LogP contribution is 2.28. The zero-order valence-corrected chi connectivity index (χ0v) is 15.0. The monoisotopic (exact) mass is 382 g/mol. The summed E-state index contributed by atoms with van der Waals surface area (Å²) in [5, 5.41) is 14.1. The van der Waals surface area contributed by atoms with Crippen molar-refractivity contribution in [3.8, 4) is 5.88 Å². The molecule has 0 saturated carbocycles. The average Bonchev–Trinajstić information content (AvgIpc) is 2.79. The molecule has 0 saturated heterocycles. The third-order valence-corrected chi connectivity index (χ3v) is 4.22. The van der Waals surface area contributed by atoms with E-state index < -0.39 is 6.10 Å². The second kappa shape index (κ2) is 7.10. The van der Waals surface area contributed by atoms with E-state index in [9.17, 15) is 9.90 Å². The molecule has 1 amide bonds. The lowest BCUT2D eigenvalue weighted by Crippen LogP contribution is -2.28. The van der Waals surface area contributed by atoms with E-state index in [1.165, 1.54) is 11.1 Å². The second-order valence-electron chi connectivity index (χ2n) is 5.17. The highest BCUT2D eigenvalue weighted by atomic mass is 79.9. The minimum absolute atomic E-state index is 0.240. The van der Waals surface area contributed by atoms with Gasteiger partial charge in [-0.15, -0.1) is 0 Å². The molecule has 0 aliphatic carbocycles. The van der Waals surface area contributed by atoms with Crippen LogP contribution >= 0.6 is 15.9 Å². The number of amides is 1. The maximum Gasteiger partial charge on any atom is 0.272 e. The lowest BCUT2D eigenvalue weighted by atomic mass is 10.1. The first kappa shape index (κ1) is 17.4. The number of aliphatic hydroxyl groups is 1. The lowest BCUT2D eigenvalue weighted by molar-refractivity contribution is 0.0770. The quantitative estimate of drug-likeness (QED) is 0.853. The molecular weight excluding hydrogens is 364 g/mol. The van der Waals surface area contributed by atoms with E-state index in [4.69, 9.17) is 4.74 Å². The van der Waals surface area contributed by atoms with Crippen molar-refractivity contribution in [3.05, 3.63) is 39.8 Å². The molecule has 1 atom stereocenters. The van der Waals surface area contributed by atoms with Crippen molar-refractivity contribution in [2.75, 3.05) is 14.2 Å². The molecule has 0 spiro atoms. The standard InChI is InChI=1S/C15H19BrN4O3/c1-9(21)10-6-5-7-17-13(10)14(22)19(2)8-11-12(16)15(23-4)20(3)18-11/h5-7,9,21H,8H2,1-4H3. The van der Waals surface area contributed by atoms with E-state index in [1.807, 2.05) is 0 Å². The maximum absolute atomic E-state index is 12.6. The molecule has 7 nitrogen and oxygen atoms in total. The predicted molar refractivity (Wildman–Crippen MR) is 88.1 cm³/mol. The van der Waals surface area contributed by atoms with Gasteiger partial charge in [0.15, 0.2) is 0 Å². The van der Waals surface area contributed by atoms with Crippen LogP contribution in [-0.4, -0.2) is 44.8 Å². The van der Waals surface area contributed by atoms with Crippen molar-refractivity contribution in [3.63, 3.8) is 0 Å². The number of hydrogen-bond donors (Lipinski definition) is 1. The van der Waals surface area contributed by atoms with Crippen LogP contribution in [0.5, 0.6) is 5.88 Å². The fraction of sp³-hybridized carbons (Fsp3) is 0.400. The van der Waals surface area contributed by atoms with Gasteiger partial charge >= 0.3 is 0 Å². The van der Waals surface area contributed by atoms with Crippen LogP contribution in [-0.2, 0) is 13.6 Å². The summed E-state index contributed by atoms with van der Waals surface area (Å²) in [7, 11) is 4.98. The molecule has 0 aromatic carbocycles. The number of methoxy groups -OCH3 is 1. The van der Waals surface area contributed by atoms with E-state index in [1.54, 1.807) is 44.9 Å². The summed E-state index contributed by atoms with van der Waals surface area (Å²) >= 11 is 3.43. The first-order chi connectivity index (χ1) is 10.9. The minimum atomic E-state index is -0.766. The van der Waals surface area contributed by atoms with Crippen molar-refractivity contribution in [1.29, 1.82) is 0 Å². The molecule has 0 bridgehead atoms. The van der Waals surface area contributed by atoms with Crippen LogP contribution in [0.4, 0.5) is 0 Å². The Bertz CT molecular complexity index is 715. The van der Waals surface area contributed by atoms with Crippen LogP contribution in [0.1, 0.15) is 34.8 Å². The number of carbonyl (C=O) groups excluding carboxylic acids is 1. The van der Waals surface area contributed by atoms with Gasteiger partial charge in [-0.1, -0.05) is 6.07 Å². The normalized spacial score (nSPS) is 12.1. The summed E-state index contributed by atoms with van der Waals surface area (Å²) in [5.41, 5.74) is 1.42. The van der Waals surface area contributed by atoms with Crippen molar-refractivity contribution in [2.45, 2.75) is 19.6 Å². The maximum atomic E-state index is 12.6. The number of nitrogens with zero attached hydrogens (tertiary/aromatic N) is 4. The van der Waals surface area contributed by atoms with Crippen LogP contribution in [0.15, 0.2) is 22.8 Å². The number of hydrogen-bond acceptors (Lipinski definition) is 5. The first-order valence-electron chi connectivity index (χ1n) is 7.00. The Hall–Kier alpha value is -1.93. The summed E-state index contributed by atoms with van der Waals surface area (Å²) in [6, 6.07) is 3.39. The van der Waals surface area contributed by atoms with Crippen LogP contribution < -0.4 is 4.74 Å². The number of rotatable bonds is 5. The number of aromatic nitrogens is 3.